The highest BCUT2D eigenvalue weighted by molar-refractivity contribution is 5.92. The molecule has 0 saturated heterocycles. The van der Waals surface area contributed by atoms with Crippen LogP contribution in [0.1, 0.15) is 5.56 Å². The second-order valence-electron chi connectivity index (χ2n) is 3.31. The molecule has 1 aromatic heterocycles. The van der Waals surface area contributed by atoms with Crippen LogP contribution in [0.15, 0.2) is 41.1 Å². The zero-order valence-corrected chi connectivity index (χ0v) is 8.51. The number of nitrogen functional groups attached to an aromatic ring is 1. The summed E-state index contributed by atoms with van der Waals surface area (Å²) in [7, 11) is 0. The highest BCUT2D eigenvalue weighted by atomic mass is 16.5. The van der Waals surface area contributed by atoms with E-state index in [9.17, 15) is 4.79 Å². The number of benzene rings is 1. The molecule has 1 amide bonds. The molecule has 0 saturated carbocycles. The van der Waals surface area contributed by atoms with E-state index in [2.05, 4.69) is 15.0 Å². The van der Waals surface area contributed by atoms with Gasteiger partial charge >= 0.3 is 0 Å². The van der Waals surface area contributed by atoms with Crippen LogP contribution in [0.5, 0.6) is 0 Å². The molecule has 5 nitrogen and oxygen atoms in total. The van der Waals surface area contributed by atoms with E-state index in [0.29, 0.717) is 11.5 Å². The quantitative estimate of drug-likeness (QED) is 0.762. The van der Waals surface area contributed by atoms with Gasteiger partial charge in [-0.25, -0.2) is 0 Å². The first-order valence-electron chi connectivity index (χ1n) is 4.79. The topological polar surface area (TPSA) is 81.2 Å². The average Bonchev–Trinajstić information content (AvgIpc) is 2.74. The molecule has 0 aliphatic carbocycles. The van der Waals surface area contributed by atoms with Crippen LogP contribution in [0.2, 0.25) is 0 Å². The molecule has 0 atom stereocenters. The van der Waals surface area contributed by atoms with Crippen molar-refractivity contribution in [1.29, 1.82) is 0 Å². The highest BCUT2D eigenvalue weighted by Crippen LogP contribution is 2.12. The number of amides is 1. The van der Waals surface area contributed by atoms with Crippen molar-refractivity contribution in [3.8, 4) is 0 Å². The summed E-state index contributed by atoms with van der Waals surface area (Å²) in [5.41, 5.74) is 7.13. The lowest BCUT2D eigenvalue weighted by Gasteiger charge is -2.04. The number of nitrogens with zero attached hydrogens (tertiary/aromatic N) is 1. The maximum Gasteiger partial charge on any atom is 0.230 e. The van der Waals surface area contributed by atoms with Gasteiger partial charge in [-0.05, 0) is 11.6 Å². The van der Waals surface area contributed by atoms with Crippen LogP contribution >= 0.6 is 0 Å². The lowest BCUT2D eigenvalue weighted by Crippen LogP contribution is -2.15. The number of aromatic nitrogens is 1. The summed E-state index contributed by atoms with van der Waals surface area (Å²) in [6.45, 7) is 0. The first kappa shape index (κ1) is 10.2. The van der Waals surface area contributed by atoms with Crippen molar-refractivity contribution in [2.45, 2.75) is 6.42 Å². The van der Waals surface area contributed by atoms with Gasteiger partial charge < -0.3 is 15.6 Å². The summed E-state index contributed by atoms with van der Waals surface area (Å²) in [5, 5.41) is 6.18. The summed E-state index contributed by atoms with van der Waals surface area (Å²) in [4.78, 5) is 11.6. The Kier molecular flexibility index (Phi) is 2.86. The number of carbonyl (C=O) groups is 1. The third-order valence-corrected chi connectivity index (χ3v) is 2.11. The number of para-hydroxylation sites is 1. The van der Waals surface area contributed by atoms with Gasteiger partial charge in [0.15, 0.2) is 5.82 Å². The minimum atomic E-state index is -0.174. The maximum atomic E-state index is 11.6. The number of carbonyl (C=O) groups excluding carboxylic acids is 1. The van der Waals surface area contributed by atoms with E-state index in [1.165, 1.54) is 6.26 Å². The molecule has 0 radical (unpaired) electrons. The third kappa shape index (κ3) is 2.38. The molecule has 0 bridgehead atoms. The molecule has 0 fully saturated rings. The molecular weight excluding hydrogens is 206 g/mol. The van der Waals surface area contributed by atoms with Gasteiger partial charge in [0.25, 0.3) is 0 Å². The minimum absolute atomic E-state index is 0.174. The van der Waals surface area contributed by atoms with E-state index in [1.54, 1.807) is 12.1 Å². The Morgan fingerprint density at radius 2 is 2.19 bits per heavy atom. The molecule has 0 unspecified atom stereocenters. The highest BCUT2D eigenvalue weighted by Gasteiger charge is 2.07. The van der Waals surface area contributed by atoms with Crippen LogP contribution in [0, 0.1) is 0 Å². The number of hydrogen-bond donors (Lipinski definition) is 2. The fourth-order valence-corrected chi connectivity index (χ4v) is 1.33. The van der Waals surface area contributed by atoms with Gasteiger partial charge in [0.1, 0.15) is 6.26 Å². The summed E-state index contributed by atoms with van der Waals surface area (Å²) in [6, 6.07) is 8.83. The van der Waals surface area contributed by atoms with Crippen LogP contribution in [0.3, 0.4) is 0 Å². The Bertz CT molecular complexity index is 480. The van der Waals surface area contributed by atoms with Crippen molar-refractivity contribution in [2.75, 3.05) is 11.1 Å². The van der Waals surface area contributed by atoms with Gasteiger partial charge in [0.05, 0.1) is 6.42 Å². The molecule has 0 aliphatic heterocycles. The van der Waals surface area contributed by atoms with Crippen molar-refractivity contribution >= 4 is 17.4 Å². The van der Waals surface area contributed by atoms with E-state index in [1.807, 2.05) is 18.2 Å². The van der Waals surface area contributed by atoms with Crippen molar-refractivity contribution in [1.82, 2.24) is 5.16 Å². The third-order valence-electron chi connectivity index (χ3n) is 2.11. The smallest absolute Gasteiger partial charge is 0.230 e. The van der Waals surface area contributed by atoms with E-state index in [4.69, 9.17) is 5.73 Å². The summed E-state index contributed by atoms with van der Waals surface area (Å²) in [5.74, 6) is 0.228. The van der Waals surface area contributed by atoms with Crippen LogP contribution in [0.4, 0.5) is 11.5 Å². The summed E-state index contributed by atoms with van der Waals surface area (Å²) < 4.78 is 4.60. The average molecular weight is 217 g/mol. The summed E-state index contributed by atoms with van der Waals surface area (Å²) in [6.07, 6.45) is 1.62. The van der Waals surface area contributed by atoms with Crippen molar-refractivity contribution in [2.24, 2.45) is 0 Å². The molecule has 3 N–H and O–H groups in total. The van der Waals surface area contributed by atoms with Gasteiger partial charge in [-0.2, -0.15) is 0 Å². The Balaban J connectivity index is 2.00. The number of nitrogens with two attached hydrogens (primary N) is 1. The van der Waals surface area contributed by atoms with Gasteiger partial charge in [-0.1, -0.05) is 23.4 Å². The molecule has 16 heavy (non-hydrogen) atoms. The lowest BCUT2D eigenvalue weighted by molar-refractivity contribution is -0.115. The molecule has 0 spiro atoms. The fraction of sp³-hybridized carbons (Fsp3) is 0.0909. The van der Waals surface area contributed by atoms with E-state index in [0.717, 1.165) is 5.56 Å². The molecular formula is C11H11N3O2. The van der Waals surface area contributed by atoms with Gasteiger partial charge in [0.2, 0.25) is 5.91 Å². The van der Waals surface area contributed by atoms with Crippen LogP contribution < -0.4 is 11.1 Å². The van der Waals surface area contributed by atoms with Crippen molar-refractivity contribution in [3.05, 3.63) is 42.2 Å². The standard InChI is InChI=1S/C11H11N3O2/c12-9-4-2-1-3-8(9)7-11(15)13-10-5-6-16-14-10/h1-6H,7,12H2,(H,13,14,15). The SMILES string of the molecule is Nc1ccccc1CC(=O)Nc1ccon1. The zero-order valence-electron chi connectivity index (χ0n) is 8.51. The Morgan fingerprint density at radius 1 is 1.38 bits per heavy atom. The minimum Gasteiger partial charge on any atom is -0.398 e. The number of hydrogen-bond acceptors (Lipinski definition) is 4. The molecule has 82 valence electrons. The van der Waals surface area contributed by atoms with Gasteiger partial charge in [-0.3, -0.25) is 4.79 Å². The van der Waals surface area contributed by atoms with E-state index in [-0.39, 0.29) is 12.3 Å². The molecule has 2 rings (SSSR count). The lowest BCUT2D eigenvalue weighted by atomic mass is 10.1. The normalized spacial score (nSPS) is 10.0. The Morgan fingerprint density at radius 3 is 2.88 bits per heavy atom. The largest absolute Gasteiger partial charge is 0.398 e. The molecule has 2 aromatic rings. The van der Waals surface area contributed by atoms with E-state index < -0.39 is 0 Å². The first-order valence-corrected chi connectivity index (χ1v) is 4.79. The first-order chi connectivity index (χ1) is 7.75. The van der Waals surface area contributed by atoms with Crippen LogP contribution in [-0.2, 0) is 11.2 Å². The second kappa shape index (κ2) is 4.48. The molecule has 1 aromatic carbocycles. The Hall–Kier alpha value is -2.30. The molecule has 0 aliphatic rings. The number of nitrogens with one attached hydrogen (secondary N) is 1. The monoisotopic (exact) mass is 217 g/mol. The fourth-order valence-electron chi connectivity index (χ4n) is 1.33. The summed E-state index contributed by atoms with van der Waals surface area (Å²) >= 11 is 0. The Labute approximate surface area is 92.2 Å². The number of anilines is 2. The van der Waals surface area contributed by atoms with Crippen LogP contribution in [-0.4, -0.2) is 11.1 Å². The van der Waals surface area contributed by atoms with Crippen LogP contribution in [0.25, 0.3) is 0 Å². The second-order valence-corrected chi connectivity index (χ2v) is 3.31. The van der Waals surface area contributed by atoms with Gasteiger partial charge in [0, 0.05) is 11.8 Å². The molecule has 5 heteroatoms. The van der Waals surface area contributed by atoms with Crippen molar-refractivity contribution in [3.63, 3.8) is 0 Å². The van der Waals surface area contributed by atoms with Crippen molar-refractivity contribution < 1.29 is 9.32 Å². The van der Waals surface area contributed by atoms with Gasteiger partial charge in [-0.15, -0.1) is 0 Å². The predicted molar refractivity (Wildman–Crippen MR) is 59.7 cm³/mol. The van der Waals surface area contributed by atoms with E-state index >= 15 is 0 Å². The molecule has 1 heterocycles. The zero-order chi connectivity index (χ0) is 11.4. The maximum absolute atomic E-state index is 11.6. The predicted octanol–water partition coefficient (Wildman–Crippen LogP) is 1.44. The number of rotatable bonds is 3.